The summed E-state index contributed by atoms with van der Waals surface area (Å²) in [6.45, 7) is 3.88. The lowest BCUT2D eigenvalue weighted by Gasteiger charge is -2.34. The van der Waals surface area contributed by atoms with E-state index in [4.69, 9.17) is 4.74 Å². The summed E-state index contributed by atoms with van der Waals surface area (Å²) in [4.78, 5) is 16.4. The van der Waals surface area contributed by atoms with Crippen molar-refractivity contribution in [3.8, 4) is 0 Å². The monoisotopic (exact) mass is 376 g/mol. The Hall–Kier alpha value is -1.76. The topological polar surface area (TPSA) is 41.6 Å². The molecule has 2 heterocycles. The van der Waals surface area contributed by atoms with Crippen LogP contribution in [0.1, 0.15) is 35.4 Å². The number of carbonyl (C=O) groups is 1. The maximum atomic E-state index is 14.5. The quantitative estimate of drug-likeness (QED) is 0.804. The van der Waals surface area contributed by atoms with Crippen LogP contribution in [0.5, 0.6) is 0 Å². The molecule has 2 unspecified atom stereocenters. The summed E-state index contributed by atoms with van der Waals surface area (Å²) in [5.74, 6) is -0.494. The zero-order chi connectivity index (χ0) is 18.5. The number of carbonyl (C=O) groups excluding carboxylic acids is 1. The molecule has 0 saturated heterocycles. The van der Waals surface area contributed by atoms with E-state index >= 15 is 0 Å². The van der Waals surface area contributed by atoms with Gasteiger partial charge in [-0.25, -0.2) is 4.39 Å². The van der Waals surface area contributed by atoms with Crippen LogP contribution in [0, 0.1) is 5.82 Å². The number of fused-ring (bicyclic) bond motifs is 1. The second kappa shape index (κ2) is 8.75. The van der Waals surface area contributed by atoms with Crippen molar-refractivity contribution in [2.24, 2.45) is 0 Å². The molecule has 0 saturated carbocycles. The first kappa shape index (κ1) is 19.0. The standard InChI is InChI=1S/C20H25FN2O2S/c1-14(25-2)7-10-22-20(24)19(16-5-3-4-6-17(16)21)23-11-8-18-15(13-23)9-12-26-18/h3-6,9,12,14,19H,7-8,10-11,13H2,1-2H3,(H,22,24). The van der Waals surface area contributed by atoms with Gasteiger partial charge in [0.15, 0.2) is 0 Å². The third-order valence-electron chi connectivity index (χ3n) is 4.90. The van der Waals surface area contributed by atoms with Gasteiger partial charge in [0.2, 0.25) is 5.91 Å². The van der Waals surface area contributed by atoms with E-state index in [2.05, 4.69) is 21.7 Å². The van der Waals surface area contributed by atoms with Gasteiger partial charge in [-0.3, -0.25) is 9.69 Å². The first-order valence-corrected chi connectivity index (χ1v) is 9.82. The highest BCUT2D eigenvalue weighted by Crippen LogP contribution is 2.31. The van der Waals surface area contributed by atoms with E-state index in [1.165, 1.54) is 16.5 Å². The Bertz CT molecular complexity index is 749. The zero-order valence-corrected chi connectivity index (χ0v) is 16.0. The van der Waals surface area contributed by atoms with Crippen molar-refractivity contribution in [3.05, 3.63) is 57.5 Å². The van der Waals surface area contributed by atoms with Crippen LogP contribution in [0.2, 0.25) is 0 Å². The molecule has 1 amide bonds. The fourth-order valence-electron chi connectivity index (χ4n) is 3.30. The molecule has 6 heteroatoms. The molecule has 2 aromatic rings. The highest BCUT2D eigenvalue weighted by atomic mass is 32.1. The number of hydrogen-bond acceptors (Lipinski definition) is 4. The van der Waals surface area contributed by atoms with E-state index in [-0.39, 0.29) is 17.8 Å². The summed E-state index contributed by atoms with van der Waals surface area (Å²) in [7, 11) is 1.65. The van der Waals surface area contributed by atoms with Gasteiger partial charge in [0.25, 0.3) is 0 Å². The smallest absolute Gasteiger partial charge is 0.242 e. The summed E-state index contributed by atoms with van der Waals surface area (Å²) in [6.07, 6.45) is 1.69. The van der Waals surface area contributed by atoms with Crippen molar-refractivity contribution in [2.45, 2.75) is 38.5 Å². The van der Waals surface area contributed by atoms with Gasteiger partial charge >= 0.3 is 0 Å². The maximum Gasteiger partial charge on any atom is 0.242 e. The molecular weight excluding hydrogens is 351 g/mol. The number of nitrogens with zero attached hydrogens (tertiary/aromatic N) is 1. The Morgan fingerprint density at radius 1 is 1.38 bits per heavy atom. The number of nitrogens with one attached hydrogen (secondary N) is 1. The second-order valence-corrected chi connectivity index (χ2v) is 7.64. The highest BCUT2D eigenvalue weighted by molar-refractivity contribution is 7.10. The van der Waals surface area contributed by atoms with Crippen molar-refractivity contribution in [1.82, 2.24) is 10.2 Å². The Labute approximate surface area is 158 Å². The maximum absolute atomic E-state index is 14.5. The van der Waals surface area contributed by atoms with Gasteiger partial charge in [0.05, 0.1) is 6.10 Å². The Balaban J connectivity index is 1.79. The average molecular weight is 376 g/mol. The molecule has 0 aliphatic carbocycles. The Morgan fingerprint density at radius 3 is 2.96 bits per heavy atom. The number of halogens is 1. The van der Waals surface area contributed by atoms with Crippen LogP contribution in [0.25, 0.3) is 0 Å². The molecule has 140 valence electrons. The molecule has 1 aliphatic heterocycles. The largest absolute Gasteiger partial charge is 0.382 e. The molecule has 3 rings (SSSR count). The number of methoxy groups -OCH3 is 1. The lowest BCUT2D eigenvalue weighted by atomic mass is 10.00. The van der Waals surface area contributed by atoms with Crippen LogP contribution in [0.15, 0.2) is 35.7 Å². The molecule has 4 nitrogen and oxygen atoms in total. The van der Waals surface area contributed by atoms with Crippen molar-refractivity contribution in [1.29, 1.82) is 0 Å². The Morgan fingerprint density at radius 2 is 2.19 bits per heavy atom. The van der Waals surface area contributed by atoms with E-state index in [1.54, 1.807) is 36.6 Å². The van der Waals surface area contributed by atoms with E-state index < -0.39 is 6.04 Å². The number of amides is 1. The molecule has 0 spiro atoms. The minimum Gasteiger partial charge on any atom is -0.382 e. The molecule has 2 atom stereocenters. The van der Waals surface area contributed by atoms with Gasteiger partial charge in [-0.1, -0.05) is 18.2 Å². The summed E-state index contributed by atoms with van der Waals surface area (Å²) in [6, 6.07) is 8.04. The van der Waals surface area contributed by atoms with Gasteiger partial charge < -0.3 is 10.1 Å². The Kier molecular flexibility index (Phi) is 6.40. The molecule has 1 aromatic carbocycles. The molecule has 1 N–H and O–H groups in total. The first-order valence-electron chi connectivity index (χ1n) is 8.94. The summed E-state index contributed by atoms with van der Waals surface area (Å²) in [5, 5.41) is 5.05. The fourth-order valence-corrected chi connectivity index (χ4v) is 4.19. The van der Waals surface area contributed by atoms with Crippen molar-refractivity contribution < 1.29 is 13.9 Å². The van der Waals surface area contributed by atoms with Crippen LogP contribution in [0.3, 0.4) is 0 Å². The van der Waals surface area contributed by atoms with Gasteiger partial charge in [-0.2, -0.15) is 0 Å². The first-order chi connectivity index (χ1) is 12.6. The van der Waals surface area contributed by atoms with E-state index in [9.17, 15) is 9.18 Å². The second-order valence-electron chi connectivity index (χ2n) is 6.64. The number of hydrogen-bond donors (Lipinski definition) is 1. The highest BCUT2D eigenvalue weighted by Gasteiger charge is 2.32. The molecule has 0 fully saturated rings. The van der Waals surface area contributed by atoms with Crippen LogP contribution < -0.4 is 5.32 Å². The third kappa shape index (κ3) is 4.31. The molecular formula is C20H25FN2O2S. The summed E-state index contributed by atoms with van der Waals surface area (Å²) < 4.78 is 19.7. The van der Waals surface area contributed by atoms with Crippen molar-refractivity contribution >= 4 is 17.2 Å². The fraction of sp³-hybridized carbons (Fsp3) is 0.450. The van der Waals surface area contributed by atoms with E-state index in [1.807, 2.05) is 6.92 Å². The van der Waals surface area contributed by atoms with Crippen LogP contribution in [-0.2, 0) is 22.5 Å². The van der Waals surface area contributed by atoms with Gasteiger partial charge in [0.1, 0.15) is 11.9 Å². The predicted molar refractivity (Wildman–Crippen MR) is 102 cm³/mol. The third-order valence-corrected chi connectivity index (χ3v) is 5.93. The van der Waals surface area contributed by atoms with Crippen molar-refractivity contribution in [3.63, 3.8) is 0 Å². The number of thiophene rings is 1. The van der Waals surface area contributed by atoms with E-state index in [0.717, 1.165) is 19.4 Å². The SMILES string of the molecule is COC(C)CCNC(=O)C(c1ccccc1F)N1CCc2sccc2C1. The molecule has 0 radical (unpaired) electrons. The molecule has 1 aromatic heterocycles. The summed E-state index contributed by atoms with van der Waals surface area (Å²) in [5.41, 5.74) is 1.67. The number of ether oxygens (including phenoxy) is 1. The zero-order valence-electron chi connectivity index (χ0n) is 15.2. The molecule has 26 heavy (non-hydrogen) atoms. The van der Waals surface area contributed by atoms with Crippen LogP contribution >= 0.6 is 11.3 Å². The van der Waals surface area contributed by atoms with Crippen molar-refractivity contribution in [2.75, 3.05) is 20.2 Å². The normalized spacial score (nSPS) is 16.7. The lowest BCUT2D eigenvalue weighted by molar-refractivity contribution is -0.127. The van der Waals surface area contributed by atoms with E-state index in [0.29, 0.717) is 18.7 Å². The minimum absolute atomic E-state index is 0.0746. The van der Waals surface area contributed by atoms with Gasteiger partial charge in [-0.15, -0.1) is 11.3 Å². The van der Waals surface area contributed by atoms with Gasteiger partial charge in [-0.05, 0) is 42.8 Å². The van der Waals surface area contributed by atoms with Gasteiger partial charge in [0, 0.05) is 37.2 Å². The number of rotatable bonds is 7. The number of benzene rings is 1. The van der Waals surface area contributed by atoms with Crippen LogP contribution in [-0.4, -0.2) is 37.1 Å². The minimum atomic E-state index is -0.623. The summed E-state index contributed by atoms with van der Waals surface area (Å²) >= 11 is 1.75. The predicted octanol–water partition coefficient (Wildman–Crippen LogP) is 3.53. The lowest BCUT2D eigenvalue weighted by Crippen LogP contribution is -2.43. The molecule has 1 aliphatic rings. The molecule has 0 bridgehead atoms. The average Bonchev–Trinajstić information content (AvgIpc) is 3.11. The van der Waals surface area contributed by atoms with Crippen LogP contribution in [0.4, 0.5) is 4.39 Å².